The largest absolute Gasteiger partial charge is 0.312 e. The number of alkyl halides is 1. The smallest absolute Gasteiger partial charge is 0.256 e. The number of carbonyl (C=O) groups excluding carboxylic acids is 1. The van der Waals surface area contributed by atoms with E-state index in [9.17, 15) is 4.79 Å². The van der Waals surface area contributed by atoms with Gasteiger partial charge in [-0.05, 0) is 29.1 Å². The Morgan fingerprint density at radius 3 is 3.00 bits per heavy atom. The minimum atomic E-state index is -0.235. The molecule has 0 bridgehead atoms. The number of hydrogen-bond acceptors (Lipinski definition) is 3. The SMILES string of the molecule is N#Cc1ccsc1NC(=O)c1cccc(CCl)c1. The summed E-state index contributed by atoms with van der Waals surface area (Å²) in [7, 11) is 0. The molecule has 5 heteroatoms. The van der Waals surface area contributed by atoms with Crippen molar-refractivity contribution in [2.24, 2.45) is 0 Å². The lowest BCUT2D eigenvalue weighted by atomic mass is 10.1. The molecular formula is C13H9ClN2OS. The fourth-order valence-corrected chi connectivity index (χ4v) is 2.36. The van der Waals surface area contributed by atoms with Gasteiger partial charge in [-0.1, -0.05) is 12.1 Å². The van der Waals surface area contributed by atoms with E-state index in [0.717, 1.165) is 5.56 Å². The lowest BCUT2D eigenvalue weighted by molar-refractivity contribution is 0.102. The van der Waals surface area contributed by atoms with Crippen LogP contribution in [0, 0.1) is 11.3 Å². The van der Waals surface area contributed by atoms with Crippen LogP contribution in [0.5, 0.6) is 0 Å². The van der Waals surface area contributed by atoms with Crippen molar-refractivity contribution < 1.29 is 4.79 Å². The Morgan fingerprint density at radius 1 is 1.44 bits per heavy atom. The summed E-state index contributed by atoms with van der Waals surface area (Å²) >= 11 is 7.05. The molecule has 0 saturated carbocycles. The van der Waals surface area contributed by atoms with Crippen molar-refractivity contribution in [3.05, 3.63) is 52.4 Å². The normalized spacial score (nSPS) is 9.78. The van der Waals surface area contributed by atoms with Crippen LogP contribution in [-0.2, 0) is 5.88 Å². The molecule has 2 rings (SSSR count). The maximum Gasteiger partial charge on any atom is 0.256 e. The van der Waals surface area contributed by atoms with Gasteiger partial charge in [-0.2, -0.15) is 5.26 Å². The first kappa shape index (κ1) is 12.6. The first-order chi connectivity index (χ1) is 8.74. The summed E-state index contributed by atoms with van der Waals surface area (Å²) < 4.78 is 0. The van der Waals surface area contributed by atoms with Gasteiger partial charge in [0.25, 0.3) is 5.91 Å². The van der Waals surface area contributed by atoms with Gasteiger partial charge in [0.05, 0.1) is 5.56 Å². The summed E-state index contributed by atoms with van der Waals surface area (Å²) in [5, 5.41) is 13.9. The van der Waals surface area contributed by atoms with Crippen molar-refractivity contribution in [3.63, 3.8) is 0 Å². The maximum atomic E-state index is 12.0. The van der Waals surface area contributed by atoms with Crippen molar-refractivity contribution in [3.8, 4) is 6.07 Å². The monoisotopic (exact) mass is 276 g/mol. The molecule has 0 unspecified atom stereocenters. The molecule has 0 saturated heterocycles. The van der Waals surface area contributed by atoms with Crippen molar-refractivity contribution in [1.82, 2.24) is 0 Å². The highest BCUT2D eigenvalue weighted by Crippen LogP contribution is 2.23. The van der Waals surface area contributed by atoms with Crippen molar-refractivity contribution >= 4 is 33.8 Å². The highest BCUT2D eigenvalue weighted by Gasteiger charge is 2.10. The lowest BCUT2D eigenvalue weighted by Crippen LogP contribution is -2.11. The molecule has 2 aromatic rings. The van der Waals surface area contributed by atoms with Gasteiger partial charge in [-0.3, -0.25) is 4.79 Å². The Morgan fingerprint density at radius 2 is 2.28 bits per heavy atom. The standard InChI is InChI=1S/C13H9ClN2OS/c14-7-9-2-1-3-10(6-9)12(17)16-13-11(8-15)4-5-18-13/h1-6H,7H2,(H,16,17). The molecule has 3 nitrogen and oxygen atoms in total. The zero-order valence-electron chi connectivity index (χ0n) is 9.31. The molecule has 90 valence electrons. The predicted molar refractivity (Wildman–Crippen MR) is 73.0 cm³/mol. The second kappa shape index (κ2) is 5.67. The molecule has 0 atom stereocenters. The number of halogens is 1. The van der Waals surface area contributed by atoms with Gasteiger partial charge in [-0.15, -0.1) is 22.9 Å². The van der Waals surface area contributed by atoms with Crippen LogP contribution in [0.4, 0.5) is 5.00 Å². The fraction of sp³-hybridized carbons (Fsp3) is 0.0769. The van der Waals surface area contributed by atoms with Crippen molar-refractivity contribution in [1.29, 1.82) is 5.26 Å². The first-order valence-electron chi connectivity index (χ1n) is 5.18. The Hall–Kier alpha value is -1.83. The van der Waals surface area contributed by atoms with Crippen LogP contribution in [0.2, 0.25) is 0 Å². The third-order valence-corrected chi connectivity index (χ3v) is 3.49. The zero-order valence-corrected chi connectivity index (χ0v) is 10.9. The topological polar surface area (TPSA) is 52.9 Å². The number of hydrogen-bond donors (Lipinski definition) is 1. The number of nitrogens with zero attached hydrogens (tertiary/aromatic N) is 1. The summed E-state index contributed by atoms with van der Waals surface area (Å²) in [5.74, 6) is 0.129. The average molecular weight is 277 g/mol. The summed E-state index contributed by atoms with van der Waals surface area (Å²) in [5.41, 5.74) is 1.89. The number of thiophene rings is 1. The molecule has 18 heavy (non-hydrogen) atoms. The van der Waals surface area contributed by atoms with E-state index in [1.165, 1.54) is 11.3 Å². The number of nitrogens with one attached hydrogen (secondary N) is 1. The molecular weight excluding hydrogens is 268 g/mol. The Bertz CT molecular complexity index is 615. The molecule has 0 spiro atoms. The maximum absolute atomic E-state index is 12.0. The van der Waals surface area contributed by atoms with Gasteiger partial charge in [0.2, 0.25) is 0 Å². The Kier molecular flexibility index (Phi) is 3.98. The van der Waals surface area contributed by atoms with Gasteiger partial charge >= 0.3 is 0 Å². The highest BCUT2D eigenvalue weighted by atomic mass is 35.5. The predicted octanol–water partition coefficient (Wildman–Crippen LogP) is 3.61. The minimum Gasteiger partial charge on any atom is -0.312 e. The lowest BCUT2D eigenvalue weighted by Gasteiger charge is -2.04. The summed E-state index contributed by atoms with van der Waals surface area (Å²) in [6.07, 6.45) is 0. The number of carbonyl (C=O) groups is 1. The average Bonchev–Trinajstić information content (AvgIpc) is 2.86. The molecule has 1 heterocycles. The zero-order chi connectivity index (χ0) is 13.0. The number of rotatable bonds is 3. The number of nitriles is 1. The quantitative estimate of drug-likeness (QED) is 0.871. The van der Waals surface area contributed by atoms with Crippen molar-refractivity contribution in [2.45, 2.75) is 5.88 Å². The van der Waals surface area contributed by atoms with Crippen LogP contribution < -0.4 is 5.32 Å². The minimum absolute atomic E-state index is 0.235. The van der Waals surface area contributed by atoms with Crippen molar-refractivity contribution in [2.75, 3.05) is 5.32 Å². The Labute approximate surface area is 114 Å². The Balaban J connectivity index is 2.20. The summed E-state index contributed by atoms with van der Waals surface area (Å²) in [6.45, 7) is 0. The molecule has 1 aromatic carbocycles. The number of amides is 1. The van der Waals surface area contributed by atoms with Crippen LogP contribution in [0.1, 0.15) is 21.5 Å². The molecule has 0 aliphatic rings. The highest BCUT2D eigenvalue weighted by molar-refractivity contribution is 7.14. The van der Waals surface area contributed by atoms with Crippen LogP contribution in [-0.4, -0.2) is 5.91 Å². The van der Waals surface area contributed by atoms with E-state index < -0.39 is 0 Å². The van der Waals surface area contributed by atoms with E-state index >= 15 is 0 Å². The summed E-state index contributed by atoms with van der Waals surface area (Å²) in [6, 6.07) is 10.8. The van der Waals surface area contributed by atoms with Crippen LogP contribution >= 0.6 is 22.9 Å². The number of anilines is 1. The van der Waals surface area contributed by atoms with E-state index in [1.54, 1.807) is 29.6 Å². The fourth-order valence-electron chi connectivity index (χ4n) is 1.47. The van der Waals surface area contributed by atoms with E-state index in [4.69, 9.17) is 16.9 Å². The molecule has 0 aliphatic carbocycles. The van der Waals surface area contributed by atoms with Gasteiger partial charge in [0, 0.05) is 11.4 Å². The van der Waals surface area contributed by atoms with E-state index in [1.807, 2.05) is 12.1 Å². The first-order valence-corrected chi connectivity index (χ1v) is 6.60. The van der Waals surface area contributed by atoms with Crippen LogP contribution in [0.3, 0.4) is 0 Å². The van der Waals surface area contributed by atoms with Gasteiger partial charge in [0.15, 0.2) is 0 Å². The third-order valence-electron chi connectivity index (χ3n) is 2.36. The second-order valence-corrected chi connectivity index (χ2v) is 4.75. The van der Waals surface area contributed by atoms with Crippen LogP contribution in [0.15, 0.2) is 35.7 Å². The molecule has 0 aliphatic heterocycles. The molecule has 0 radical (unpaired) electrons. The molecule has 1 aromatic heterocycles. The van der Waals surface area contributed by atoms with Gasteiger partial charge < -0.3 is 5.32 Å². The third kappa shape index (κ3) is 2.70. The number of benzene rings is 1. The molecule has 1 N–H and O–H groups in total. The van der Waals surface area contributed by atoms with E-state index in [-0.39, 0.29) is 5.91 Å². The van der Waals surface area contributed by atoms with Gasteiger partial charge in [-0.25, -0.2) is 0 Å². The summed E-state index contributed by atoms with van der Waals surface area (Å²) in [4.78, 5) is 12.0. The van der Waals surface area contributed by atoms with E-state index in [0.29, 0.717) is 22.0 Å². The second-order valence-electron chi connectivity index (χ2n) is 3.56. The molecule has 1 amide bonds. The molecule has 0 fully saturated rings. The van der Waals surface area contributed by atoms with E-state index in [2.05, 4.69) is 5.32 Å². The van der Waals surface area contributed by atoms with Crippen LogP contribution in [0.25, 0.3) is 0 Å². The van der Waals surface area contributed by atoms with Gasteiger partial charge in [0.1, 0.15) is 11.1 Å².